The third kappa shape index (κ3) is 4.38. The summed E-state index contributed by atoms with van der Waals surface area (Å²) < 4.78 is 6.28. The number of carbonyl (C=O) groups is 1. The summed E-state index contributed by atoms with van der Waals surface area (Å²) in [5, 5.41) is 20.0. The number of H-pyrrole nitrogens is 1. The summed E-state index contributed by atoms with van der Waals surface area (Å²) in [5.74, 6) is -0.224. The van der Waals surface area contributed by atoms with Crippen LogP contribution in [0.15, 0.2) is 75.4 Å². The number of pyridine rings is 1. The molecule has 0 radical (unpaired) electrons. The van der Waals surface area contributed by atoms with Crippen molar-refractivity contribution in [2.75, 3.05) is 7.11 Å². The molecule has 2 aromatic heterocycles. The van der Waals surface area contributed by atoms with Crippen molar-refractivity contribution in [3.63, 3.8) is 0 Å². The molecule has 1 amide bonds. The average molecular weight is 550 g/mol. The van der Waals surface area contributed by atoms with Crippen LogP contribution in [0.2, 0.25) is 5.02 Å². The molecule has 35 heavy (non-hydrogen) atoms. The van der Waals surface area contributed by atoms with Crippen LogP contribution in [0.5, 0.6) is 11.6 Å². The fourth-order valence-electron chi connectivity index (χ4n) is 3.89. The number of hydrogen-bond donors (Lipinski definition) is 2. The summed E-state index contributed by atoms with van der Waals surface area (Å²) in [6.45, 7) is 1.88. The second-order valence-electron chi connectivity index (χ2n) is 7.94. The van der Waals surface area contributed by atoms with E-state index < -0.39 is 5.91 Å². The van der Waals surface area contributed by atoms with Gasteiger partial charge < -0.3 is 14.8 Å². The fraction of sp³-hybridized carbons (Fsp3) is 0.0769. The quantitative estimate of drug-likeness (QED) is 0.224. The average Bonchev–Trinajstić information content (AvgIpc) is 3.17. The van der Waals surface area contributed by atoms with Gasteiger partial charge in [-0.2, -0.15) is 0 Å². The monoisotopic (exact) mass is 548 g/mol. The van der Waals surface area contributed by atoms with Gasteiger partial charge in [0, 0.05) is 20.8 Å². The third-order valence-electron chi connectivity index (χ3n) is 5.58. The topological polar surface area (TPSA) is 99.9 Å². The van der Waals surface area contributed by atoms with Crippen molar-refractivity contribution in [3.05, 3.63) is 81.3 Å². The number of azo groups is 1. The van der Waals surface area contributed by atoms with Crippen LogP contribution in [0.25, 0.3) is 33.1 Å². The number of benzene rings is 3. The van der Waals surface area contributed by atoms with Gasteiger partial charge in [-0.3, -0.25) is 4.79 Å². The second kappa shape index (κ2) is 9.13. The van der Waals surface area contributed by atoms with Crippen molar-refractivity contribution in [2.45, 2.75) is 6.92 Å². The lowest BCUT2D eigenvalue weighted by atomic mass is 10.0. The third-order valence-corrected chi connectivity index (χ3v) is 6.41. The fourth-order valence-corrected chi connectivity index (χ4v) is 4.47. The summed E-state index contributed by atoms with van der Waals surface area (Å²) in [5.41, 5.74) is 3.93. The zero-order valence-corrected chi connectivity index (χ0v) is 21.0. The Hall–Kier alpha value is -3.75. The molecule has 5 rings (SSSR count). The smallest absolute Gasteiger partial charge is 0.296 e. The molecule has 0 aliphatic rings. The first-order chi connectivity index (χ1) is 16.8. The van der Waals surface area contributed by atoms with Crippen molar-refractivity contribution in [2.24, 2.45) is 10.2 Å². The number of aryl methyl sites for hydroxylation is 1. The predicted molar refractivity (Wildman–Crippen MR) is 140 cm³/mol. The molecule has 0 saturated carbocycles. The molecule has 7 nitrogen and oxygen atoms in total. The minimum Gasteiger partial charge on any atom is -0.497 e. The lowest BCUT2D eigenvalue weighted by Crippen LogP contribution is -1.99. The Morgan fingerprint density at radius 3 is 2.60 bits per heavy atom. The molecule has 174 valence electrons. The largest absolute Gasteiger partial charge is 0.497 e. The maximum atomic E-state index is 13.3. The van der Waals surface area contributed by atoms with E-state index >= 15 is 0 Å². The summed E-state index contributed by atoms with van der Waals surface area (Å²) in [7, 11) is 1.55. The molecular formula is C26H18BrClN4O3. The van der Waals surface area contributed by atoms with Crippen LogP contribution < -0.4 is 4.74 Å². The first kappa shape index (κ1) is 23.0. The van der Waals surface area contributed by atoms with E-state index in [4.69, 9.17) is 21.3 Å². The Bertz CT molecular complexity index is 1650. The Labute approximate surface area is 213 Å². The first-order valence-corrected chi connectivity index (χ1v) is 11.7. The SMILES string of the molecule is COc1ccc2nc(-c3ccc(Br)cc3)cc(C(=O)N=Nc3c(O)[nH]c4c(Cl)cc(C)cc34)c2c1. The maximum absolute atomic E-state index is 13.3. The van der Waals surface area contributed by atoms with E-state index in [1.807, 2.05) is 37.3 Å². The molecule has 5 aromatic rings. The molecule has 0 unspecified atom stereocenters. The minimum absolute atomic E-state index is 0.142. The van der Waals surface area contributed by atoms with Crippen LogP contribution in [0.1, 0.15) is 15.9 Å². The number of aromatic amines is 1. The number of aromatic nitrogens is 2. The Balaban J connectivity index is 1.63. The van der Waals surface area contributed by atoms with E-state index in [1.165, 1.54) is 0 Å². The lowest BCUT2D eigenvalue weighted by Gasteiger charge is -2.09. The van der Waals surface area contributed by atoms with Gasteiger partial charge in [0.25, 0.3) is 5.91 Å². The van der Waals surface area contributed by atoms with Crippen LogP contribution in [0.3, 0.4) is 0 Å². The summed E-state index contributed by atoms with van der Waals surface area (Å²) in [4.78, 5) is 20.8. The lowest BCUT2D eigenvalue weighted by molar-refractivity contribution is 0.0996. The van der Waals surface area contributed by atoms with Gasteiger partial charge in [-0.05, 0) is 61.0 Å². The van der Waals surface area contributed by atoms with Crippen LogP contribution in [0.4, 0.5) is 5.69 Å². The van der Waals surface area contributed by atoms with E-state index in [2.05, 4.69) is 31.1 Å². The highest BCUT2D eigenvalue weighted by atomic mass is 79.9. The van der Waals surface area contributed by atoms with Crippen molar-refractivity contribution in [1.82, 2.24) is 9.97 Å². The number of hydrogen-bond acceptors (Lipinski definition) is 5. The molecule has 0 aliphatic carbocycles. The Morgan fingerprint density at radius 1 is 1.09 bits per heavy atom. The Morgan fingerprint density at radius 2 is 1.86 bits per heavy atom. The maximum Gasteiger partial charge on any atom is 0.296 e. The molecular weight excluding hydrogens is 532 g/mol. The number of rotatable bonds is 4. The summed E-state index contributed by atoms with van der Waals surface area (Å²) >= 11 is 9.72. The number of fused-ring (bicyclic) bond motifs is 2. The van der Waals surface area contributed by atoms with Gasteiger partial charge in [0.2, 0.25) is 5.88 Å². The number of amides is 1. The second-order valence-corrected chi connectivity index (χ2v) is 9.26. The van der Waals surface area contributed by atoms with Crippen LogP contribution in [0, 0.1) is 6.92 Å². The van der Waals surface area contributed by atoms with Crippen molar-refractivity contribution in [1.29, 1.82) is 0 Å². The standard InChI is InChI=1S/C26H18BrClN4O3/c1-13-9-19-23(20(28)10-13)30-26(34)24(19)31-32-25(33)18-12-22(14-3-5-15(27)6-4-14)29-21-8-7-16(35-2)11-17(18)21/h3-12,30,34H,1-2H3. The first-order valence-electron chi connectivity index (χ1n) is 10.6. The van der Waals surface area contributed by atoms with E-state index in [-0.39, 0.29) is 11.6 Å². The molecule has 0 fully saturated rings. The number of nitrogens with one attached hydrogen (secondary N) is 1. The Kier molecular flexibility index (Phi) is 6.00. The van der Waals surface area contributed by atoms with Crippen molar-refractivity contribution < 1.29 is 14.6 Å². The van der Waals surface area contributed by atoms with Gasteiger partial charge in [-0.1, -0.05) is 39.7 Å². The molecule has 0 saturated heterocycles. The van der Waals surface area contributed by atoms with Crippen molar-refractivity contribution >= 4 is 60.9 Å². The molecule has 2 heterocycles. The van der Waals surface area contributed by atoms with Gasteiger partial charge in [0.05, 0.1) is 34.4 Å². The number of ether oxygens (including phenoxy) is 1. The normalized spacial score (nSPS) is 11.5. The number of aromatic hydroxyl groups is 1. The number of carbonyl (C=O) groups excluding carboxylic acids is 1. The summed E-state index contributed by atoms with van der Waals surface area (Å²) in [6.07, 6.45) is 0. The van der Waals surface area contributed by atoms with Crippen LogP contribution in [-0.2, 0) is 0 Å². The molecule has 0 aliphatic heterocycles. The molecule has 0 bridgehead atoms. The highest BCUT2D eigenvalue weighted by molar-refractivity contribution is 9.10. The van der Waals surface area contributed by atoms with E-state index in [0.29, 0.717) is 43.8 Å². The highest BCUT2D eigenvalue weighted by Gasteiger charge is 2.17. The van der Waals surface area contributed by atoms with Gasteiger partial charge in [-0.15, -0.1) is 10.2 Å². The zero-order valence-electron chi connectivity index (χ0n) is 18.6. The molecule has 9 heteroatoms. The number of halogens is 2. The van der Waals surface area contributed by atoms with Crippen LogP contribution >= 0.6 is 27.5 Å². The molecule has 0 atom stereocenters. The van der Waals surface area contributed by atoms with Crippen LogP contribution in [-0.4, -0.2) is 28.1 Å². The van der Waals surface area contributed by atoms with E-state index in [0.717, 1.165) is 15.6 Å². The van der Waals surface area contributed by atoms with Gasteiger partial charge in [-0.25, -0.2) is 4.98 Å². The zero-order chi connectivity index (χ0) is 24.7. The van der Waals surface area contributed by atoms with E-state index in [9.17, 15) is 9.90 Å². The van der Waals surface area contributed by atoms with E-state index in [1.54, 1.807) is 37.4 Å². The molecule has 0 spiro atoms. The van der Waals surface area contributed by atoms with Crippen molar-refractivity contribution in [3.8, 4) is 22.9 Å². The van der Waals surface area contributed by atoms with Gasteiger partial charge >= 0.3 is 0 Å². The summed E-state index contributed by atoms with van der Waals surface area (Å²) in [6, 6.07) is 18.2. The van der Waals surface area contributed by atoms with Gasteiger partial charge in [0.15, 0.2) is 5.69 Å². The molecule has 3 aromatic carbocycles. The number of nitrogens with zero attached hydrogens (tertiary/aromatic N) is 3. The minimum atomic E-state index is -0.587. The predicted octanol–water partition coefficient (Wildman–Crippen LogP) is 7.75. The number of methoxy groups -OCH3 is 1. The highest BCUT2D eigenvalue weighted by Crippen LogP contribution is 2.39. The van der Waals surface area contributed by atoms with Gasteiger partial charge in [0.1, 0.15) is 5.75 Å². The molecule has 2 N–H and O–H groups in total.